The smallest absolute Gasteiger partial charge is 0.421 e. The number of hydrogen-bond acceptors (Lipinski definition) is 7. The third kappa shape index (κ3) is 4.53. The lowest BCUT2D eigenvalue weighted by molar-refractivity contribution is -0.142. The molecule has 38 heavy (non-hydrogen) atoms. The third-order valence-electron chi connectivity index (χ3n) is 5.91. The first-order valence-electron chi connectivity index (χ1n) is 11.6. The molecule has 0 saturated heterocycles. The topological polar surface area (TPSA) is 94.8 Å². The number of alkyl halides is 3. The highest BCUT2D eigenvalue weighted by Gasteiger charge is 2.42. The molecule has 1 N–H and O–H groups in total. The molecule has 0 atom stereocenters. The molecule has 0 radical (unpaired) electrons. The minimum Gasteiger partial charge on any atom is -0.421 e. The first-order valence-corrected chi connectivity index (χ1v) is 11.6. The number of aryl methyl sites for hydroxylation is 1. The molecule has 8 nitrogen and oxygen atoms in total. The van der Waals surface area contributed by atoms with Gasteiger partial charge in [-0.25, -0.2) is 9.07 Å². The van der Waals surface area contributed by atoms with Crippen LogP contribution in [0.1, 0.15) is 44.0 Å². The average Bonchev–Trinajstić information content (AvgIpc) is 3.56. The second-order valence-electron chi connectivity index (χ2n) is 8.88. The van der Waals surface area contributed by atoms with Crippen LogP contribution in [0.25, 0.3) is 34.0 Å². The predicted molar refractivity (Wildman–Crippen MR) is 132 cm³/mol. The van der Waals surface area contributed by atoms with Crippen molar-refractivity contribution in [3.05, 3.63) is 77.5 Å². The van der Waals surface area contributed by atoms with Crippen molar-refractivity contribution >= 4 is 11.3 Å². The van der Waals surface area contributed by atoms with Gasteiger partial charge in [0.2, 0.25) is 5.89 Å². The van der Waals surface area contributed by atoms with Gasteiger partial charge in [0.1, 0.15) is 17.1 Å². The lowest BCUT2D eigenvalue weighted by Gasteiger charge is -2.14. The van der Waals surface area contributed by atoms with Crippen molar-refractivity contribution in [1.82, 2.24) is 25.1 Å². The van der Waals surface area contributed by atoms with Crippen LogP contribution >= 0.6 is 0 Å². The number of nitrogens with one attached hydrogen (secondary N) is 1. The van der Waals surface area contributed by atoms with Crippen molar-refractivity contribution in [2.75, 3.05) is 5.32 Å². The largest absolute Gasteiger partial charge is 0.434 e. The van der Waals surface area contributed by atoms with E-state index in [0.29, 0.717) is 29.8 Å². The van der Waals surface area contributed by atoms with Crippen molar-refractivity contribution in [1.29, 1.82) is 0 Å². The molecule has 5 rings (SSSR count). The van der Waals surface area contributed by atoms with Gasteiger partial charge in [-0.15, -0.1) is 10.2 Å². The summed E-state index contributed by atoms with van der Waals surface area (Å²) < 4.78 is 70.4. The average molecular weight is 526 g/mol. The predicted octanol–water partition coefficient (Wildman–Crippen LogP) is 7.27. The summed E-state index contributed by atoms with van der Waals surface area (Å²) in [5, 5.41) is 18.8. The minimum absolute atomic E-state index is 0.0249. The fourth-order valence-corrected chi connectivity index (χ4v) is 4.35. The van der Waals surface area contributed by atoms with E-state index in [2.05, 4.69) is 32.3 Å². The molecule has 3 aromatic heterocycles. The second-order valence-corrected chi connectivity index (χ2v) is 8.88. The van der Waals surface area contributed by atoms with Crippen LogP contribution in [0, 0.1) is 6.92 Å². The molecule has 0 bridgehead atoms. The van der Waals surface area contributed by atoms with E-state index >= 15 is 0 Å². The van der Waals surface area contributed by atoms with Gasteiger partial charge in [0.05, 0.1) is 17.4 Å². The van der Waals surface area contributed by atoms with Gasteiger partial charge >= 0.3 is 6.18 Å². The van der Waals surface area contributed by atoms with Crippen LogP contribution in [0.15, 0.2) is 69.2 Å². The van der Waals surface area contributed by atoms with Gasteiger partial charge < -0.3 is 14.3 Å². The van der Waals surface area contributed by atoms with Gasteiger partial charge in [0.25, 0.3) is 5.89 Å². The van der Waals surface area contributed by atoms with E-state index < -0.39 is 23.3 Å². The molecule has 3 heterocycles. The molecule has 1 aliphatic carbocycles. The Morgan fingerprint density at radius 1 is 1.18 bits per heavy atom. The normalized spacial score (nSPS) is 14.1. The molecule has 0 spiro atoms. The van der Waals surface area contributed by atoms with Crippen molar-refractivity contribution in [3.8, 4) is 28.5 Å². The lowest BCUT2D eigenvalue weighted by Crippen LogP contribution is -2.14. The van der Waals surface area contributed by atoms with Crippen molar-refractivity contribution < 1.29 is 26.5 Å². The van der Waals surface area contributed by atoms with Gasteiger partial charge in [0, 0.05) is 23.9 Å². The molecule has 196 valence electrons. The van der Waals surface area contributed by atoms with Gasteiger partial charge in [-0.1, -0.05) is 23.4 Å². The maximum atomic E-state index is 15.0. The highest BCUT2D eigenvalue weighted by atomic mass is 19.4. The summed E-state index contributed by atoms with van der Waals surface area (Å²) in [6.45, 7) is 8.74. The number of halogens is 4. The fourth-order valence-electron chi connectivity index (χ4n) is 4.35. The van der Waals surface area contributed by atoms with E-state index in [4.69, 9.17) is 8.94 Å². The fraction of sp³-hybridized carbons (Fsp3) is 0.231. The number of nitrogens with zero attached hydrogens (tertiary/aromatic N) is 5. The Bertz CT molecular complexity index is 1610. The molecular formula is C26H22F4N6O2. The quantitative estimate of drug-likeness (QED) is 0.264. The van der Waals surface area contributed by atoms with Gasteiger partial charge in [-0.05, 0) is 51.0 Å². The Hall–Kier alpha value is -4.48. The Labute approximate surface area is 214 Å². The Kier molecular flexibility index (Phi) is 6.25. The zero-order chi connectivity index (χ0) is 27.2. The standard InChI is InChI=1S/C26H22F4N6O2/c1-13(2)32-16-8-6-9-17(11-16)36-24(26(28,29)30)18(12-31-36)23-21(25-34-33-15(4)37-25)22(35-38-23)20-14(3)7-5-10-19(20)27/h6,8-12,32H,1,5,7H2,2-4H3. The number of anilines is 1. The van der Waals surface area contributed by atoms with Crippen LogP contribution in [0.3, 0.4) is 0 Å². The molecule has 4 aromatic rings. The van der Waals surface area contributed by atoms with E-state index in [9.17, 15) is 17.6 Å². The number of allylic oxidation sites excluding steroid dienone is 5. The molecule has 0 amide bonds. The van der Waals surface area contributed by atoms with Crippen molar-refractivity contribution in [2.45, 2.75) is 39.8 Å². The van der Waals surface area contributed by atoms with Crippen LogP contribution < -0.4 is 5.32 Å². The Balaban J connectivity index is 1.75. The minimum atomic E-state index is -4.86. The zero-order valence-corrected chi connectivity index (χ0v) is 20.6. The lowest BCUT2D eigenvalue weighted by atomic mass is 9.92. The first kappa shape index (κ1) is 25.2. The van der Waals surface area contributed by atoms with Crippen LogP contribution in [0.5, 0.6) is 0 Å². The Morgan fingerprint density at radius 2 is 1.97 bits per heavy atom. The number of benzene rings is 1. The maximum absolute atomic E-state index is 15.0. The van der Waals surface area contributed by atoms with Crippen LogP contribution in [0.2, 0.25) is 0 Å². The van der Waals surface area contributed by atoms with Crippen LogP contribution in [-0.2, 0) is 6.18 Å². The second kappa shape index (κ2) is 9.43. The zero-order valence-electron chi connectivity index (χ0n) is 20.6. The van der Waals surface area contributed by atoms with Crippen LogP contribution in [-0.4, -0.2) is 25.1 Å². The summed E-state index contributed by atoms with van der Waals surface area (Å²) in [6.07, 6.45) is -1.40. The number of hydrogen-bond donors (Lipinski definition) is 1. The van der Waals surface area contributed by atoms with E-state index in [1.165, 1.54) is 25.1 Å². The number of aromatic nitrogens is 5. The molecule has 1 aliphatic rings. The summed E-state index contributed by atoms with van der Waals surface area (Å²) in [5.74, 6) is -0.866. The molecule has 0 saturated carbocycles. The van der Waals surface area contributed by atoms with Gasteiger partial charge in [-0.2, -0.15) is 18.3 Å². The molecule has 0 aliphatic heterocycles. The highest BCUT2D eigenvalue weighted by molar-refractivity contribution is 5.91. The SMILES string of the molecule is C=C(C)Nc1cccc(-n2ncc(-c3onc(C4=C(C)CCC=C4F)c3-c3nnc(C)o3)c2C(F)(F)F)c1. The first-order chi connectivity index (χ1) is 18.0. The number of rotatable bonds is 6. The Morgan fingerprint density at radius 3 is 2.63 bits per heavy atom. The van der Waals surface area contributed by atoms with Gasteiger partial charge in [0.15, 0.2) is 11.5 Å². The highest BCUT2D eigenvalue weighted by Crippen LogP contribution is 2.46. The van der Waals surface area contributed by atoms with E-state index in [1.54, 1.807) is 26.0 Å². The third-order valence-corrected chi connectivity index (χ3v) is 5.91. The van der Waals surface area contributed by atoms with Gasteiger partial charge in [-0.3, -0.25) is 0 Å². The molecular weight excluding hydrogens is 504 g/mol. The van der Waals surface area contributed by atoms with Crippen LogP contribution in [0.4, 0.5) is 23.2 Å². The summed E-state index contributed by atoms with van der Waals surface area (Å²) in [6, 6.07) is 6.27. The summed E-state index contributed by atoms with van der Waals surface area (Å²) in [7, 11) is 0. The molecule has 0 fully saturated rings. The maximum Gasteiger partial charge on any atom is 0.434 e. The molecule has 0 unspecified atom stereocenters. The monoisotopic (exact) mass is 526 g/mol. The van der Waals surface area contributed by atoms with E-state index in [1.807, 2.05) is 0 Å². The summed E-state index contributed by atoms with van der Waals surface area (Å²) in [5.41, 5.74) is 0.468. The summed E-state index contributed by atoms with van der Waals surface area (Å²) in [4.78, 5) is 0. The molecule has 12 heteroatoms. The van der Waals surface area contributed by atoms with E-state index in [0.717, 1.165) is 10.9 Å². The van der Waals surface area contributed by atoms with E-state index in [-0.39, 0.29) is 40.1 Å². The van der Waals surface area contributed by atoms with Crippen molar-refractivity contribution in [3.63, 3.8) is 0 Å². The summed E-state index contributed by atoms with van der Waals surface area (Å²) >= 11 is 0. The van der Waals surface area contributed by atoms with Crippen molar-refractivity contribution in [2.24, 2.45) is 0 Å². The molecule has 1 aromatic carbocycles.